The van der Waals surface area contributed by atoms with Gasteiger partial charge >= 0.3 is 0 Å². The van der Waals surface area contributed by atoms with Gasteiger partial charge in [0.15, 0.2) is 0 Å². The standard InChI is InChI=1S/C27H30N6O4S/c1-36-12-9-28-8-7-24(34)30-19-3-2-4-20(15-19)31-27-29-17-18-5-6-22-21(25(18)32-27)16-23(38-22)26(35)33-10-13-37-14-11-33/h2-6,15-17,28H,7-14H2,1H3,(H,30,34)(H,29,31,32). The minimum Gasteiger partial charge on any atom is -0.383 e. The zero-order chi connectivity index (χ0) is 26.3. The molecule has 0 aliphatic carbocycles. The average molecular weight is 535 g/mol. The number of methoxy groups -OCH3 is 1. The van der Waals surface area contributed by atoms with Gasteiger partial charge in [-0.1, -0.05) is 6.07 Å². The predicted octanol–water partition coefficient (Wildman–Crippen LogP) is 3.63. The number of amides is 2. The van der Waals surface area contributed by atoms with Crippen LogP contribution >= 0.6 is 11.3 Å². The van der Waals surface area contributed by atoms with E-state index in [4.69, 9.17) is 14.5 Å². The Morgan fingerprint density at radius 1 is 1.11 bits per heavy atom. The van der Waals surface area contributed by atoms with Crippen molar-refractivity contribution in [1.82, 2.24) is 20.2 Å². The quantitative estimate of drug-likeness (QED) is 0.264. The molecule has 38 heavy (non-hydrogen) atoms. The summed E-state index contributed by atoms with van der Waals surface area (Å²) in [6.45, 7) is 4.24. The number of ether oxygens (including phenoxy) is 2. The minimum absolute atomic E-state index is 0.0275. The number of hydrogen-bond donors (Lipinski definition) is 3. The highest BCUT2D eigenvalue weighted by Gasteiger charge is 2.21. The molecule has 0 spiro atoms. The predicted molar refractivity (Wildman–Crippen MR) is 149 cm³/mol. The summed E-state index contributed by atoms with van der Waals surface area (Å²) in [5.74, 6) is 0.388. The molecule has 1 saturated heterocycles. The molecule has 10 nitrogen and oxygen atoms in total. The number of benzene rings is 2. The normalized spacial score (nSPS) is 13.7. The molecule has 2 aromatic heterocycles. The van der Waals surface area contributed by atoms with Gasteiger partial charge in [0.1, 0.15) is 0 Å². The van der Waals surface area contributed by atoms with Crippen LogP contribution in [0.3, 0.4) is 0 Å². The summed E-state index contributed by atoms with van der Waals surface area (Å²) in [6, 6.07) is 13.3. The smallest absolute Gasteiger partial charge is 0.264 e. The molecular formula is C27H30N6O4S. The van der Waals surface area contributed by atoms with Gasteiger partial charge in [0, 0.05) is 72.8 Å². The van der Waals surface area contributed by atoms with Gasteiger partial charge in [0.25, 0.3) is 5.91 Å². The third-order valence-electron chi connectivity index (χ3n) is 6.17. The number of fused-ring (bicyclic) bond motifs is 3. The van der Waals surface area contributed by atoms with Crippen LogP contribution in [-0.4, -0.2) is 79.8 Å². The van der Waals surface area contributed by atoms with Crippen LogP contribution in [0.15, 0.2) is 48.7 Å². The second-order valence-electron chi connectivity index (χ2n) is 8.87. The Balaban J connectivity index is 1.30. The van der Waals surface area contributed by atoms with Crippen molar-refractivity contribution < 1.29 is 19.1 Å². The number of nitrogens with zero attached hydrogens (tertiary/aromatic N) is 3. The molecule has 11 heteroatoms. The zero-order valence-corrected chi connectivity index (χ0v) is 22.0. The van der Waals surface area contributed by atoms with E-state index < -0.39 is 0 Å². The molecule has 5 rings (SSSR count). The maximum absolute atomic E-state index is 13.0. The first-order chi connectivity index (χ1) is 18.6. The monoisotopic (exact) mass is 534 g/mol. The van der Waals surface area contributed by atoms with Crippen molar-refractivity contribution in [3.63, 3.8) is 0 Å². The number of hydrogen-bond acceptors (Lipinski definition) is 9. The molecule has 0 atom stereocenters. The molecule has 198 valence electrons. The Morgan fingerprint density at radius 2 is 1.95 bits per heavy atom. The van der Waals surface area contributed by atoms with Crippen LogP contribution in [0.2, 0.25) is 0 Å². The van der Waals surface area contributed by atoms with Gasteiger partial charge in [-0.3, -0.25) is 9.59 Å². The fourth-order valence-corrected chi connectivity index (χ4v) is 5.26. The van der Waals surface area contributed by atoms with Crippen molar-refractivity contribution in [2.75, 3.05) is 63.7 Å². The van der Waals surface area contributed by atoms with E-state index in [9.17, 15) is 9.59 Å². The van der Waals surface area contributed by atoms with E-state index in [1.165, 1.54) is 11.3 Å². The first-order valence-electron chi connectivity index (χ1n) is 12.5. The van der Waals surface area contributed by atoms with Crippen molar-refractivity contribution >= 4 is 61.5 Å². The Morgan fingerprint density at radius 3 is 2.79 bits per heavy atom. The Hall–Kier alpha value is -3.64. The molecule has 1 aliphatic rings. The van der Waals surface area contributed by atoms with Crippen molar-refractivity contribution in [1.29, 1.82) is 0 Å². The molecule has 0 saturated carbocycles. The van der Waals surface area contributed by atoms with Crippen LogP contribution in [0, 0.1) is 0 Å². The van der Waals surface area contributed by atoms with Gasteiger partial charge in [0.2, 0.25) is 11.9 Å². The second-order valence-corrected chi connectivity index (χ2v) is 9.95. The summed E-state index contributed by atoms with van der Waals surface area (Å²) in [5, 5.41) is 11.1. The number of rotatable bonds is 10. The van der Waals surface area contributed by atoms with Crippen LogP contribution in [-0.2, 0) is 14.3 Å². The lowest BCUT2D eigenvalue weighted by Gasteiger charge is -2.26. The summed E-state index contributed by atoms with van der Waals surface area (Å²) in [5.41, 5.74) is 2.22. The van der Waals surface area contributed by atoms with Crippen molar-refractivity contribution in [2.24, 2.45) is 0 Å². The molecule has 1 aliphatic heterocycles. The first kappa shape index (κ1) is 26.0. The third kappa shape index (κ3) is 6.25. The summed E-state index contributed by atoms with van der Waals surface area (Å²) in [7, 11) is 1.65. The number of anilines is 3. The average Bonchev–Trinajstić information content (AvgIpc) is 3.38. The minimum atomic E-state index is -0.0729. The van der Waals surface area contributed by atoms with E-state index in [2.05, 4.69) is 20.9 Å². The SMILES string of the molecule is COCCNCCC(=O)Nc1cccc(Nc2ncc3ccc4sc(C(=O)N5CCOCC5)cc4c3n2)c1. The molecule has 3 N–H and O–H groups in total. The fourth-order valence-electron chi connectivity index (χ4n) is 4.22. The maximum Gasteiger partial charge on any atom is 0.264 e. The van der Waals surface area contributed by atoms with E-state index >= 15 is 0 Å². The number of carbonyl (C=O) groups is 2. The molecule has 2 aromatic carbocycles. The number of nitrogens with one attached hydrogen (secondary N) is 3. The van der Waals surface area contributed by atoms with Gasteiger partial charge < -0.3 is 30.3 Å². The van der Waals surface area contributed by atoms with Crippen molar-refractivity contribution in [3.8, 4) is 0 Å². The van der Waals surface area contributed by atoms with Crippen LogP contribution in [0.1, 0.15) is 16.1 Å². The zero-order valence-electron chi connectivity index (χ0n) is 21.2. The number of morpholine rings is 1. The maximum atomic E-state index is 13.0. The largest absolute Gasteiger partial charge is 0.383 e. The summed E-state index contributed by atoms with van der Waals surface area (Å²) < 4.78 is 11.4. The van der Waals surface area contributed by atoms with E-state index in [1.54, 1.807) is 13.3 Å². The Bertz CT molecular complexity index is 1440. The molecule has 4 aromatic rings. The lowest BCUT2D eigenvalue weighted by atomic mass is 10.1. The van der Waals surface area contributed by atoms with Gasteiger partial charge in [-0.05, 0) is 36.4 Å². The molecule has 1 fully saturated rings. The number of aromatic nitrogens is 2. The fraction of sp³-hybridized carbons (Fsp3) is 0.333. The van der Waals surface area contributed by atoms with Crippen LogP contribution in [0.4, 0.5) is 17.3 Å². The van der Waals surface area contributed by atoms with Gasteiger partial charge in [0.05, 0.1) is 30.2 Å². The van der Waals surface area contributed by atoms with Gasteiger partial charge in [-0.15, -0.1) is 11.3 Å². The Labute approximate surface area is 224 Å². The highest BCUT2D eigenvalue weighted by Crippen LogP contribution is 2.32. The number of thiophene rings is 1. The summed E-state index contributed by atoms with van der Waals surface area (Å²) >= 11 is 1.48. The molecule has 0 radical (unpaired) electrons. The molecule has 3 heterocycles. The third-order valence-corrected chi connectivity index (χ3v) is 7.26. The van der Waals surface area contributed by atoms with E-state index in [0.29, 0.717) is 68.9 Å². The molecule has 2 amide bonds. The van der Waals surface area contributed by atoms with Crippen LogP contribution < -0.4 is 16.0 Å². The van der Waals surface area contributed by atoms with Gasteiger partial charge in [-0.25, -0.2) is 9.97 Å². The second kappa shape index (κ2) is 12.3. The van der Waals surface area contributed by atoms with Gasteiger partial charge in [-0.2, -0.15) is 0 Å². The van der Waals surface area contributed by atoms with Crippen molar-refractivity contribution in [3.05, 3.63) is 53.5 Å². The summed E-state index contributed by atoms with van der Waals surface area (Å²) in [4.78, 5) is 37.1. The molecule has 0 bridgehead atoms. The number of carbonyl (C=O) groups excluding carboxylic acids is 2. The first-order valence-corrected chi connectivity index (χ1v) is 13.4. The van der Waals surface area contributed by atoms with E-state index in [-0.39, 0.29) is 11.8 Å². The van der Waals surface area contributed by atoms with E-state index in [1.807, 2.05) is 47.4 Å². The highest BCUT2D eigenvalue weighted by molar-refractivity contribution is 7.21. The lowest BCUT2D eigenvalue weighted by Crippen LogP contribution is -2.40. The summed E-state index contributed by atoms with van der Waals surface area (Å²) in [6.07, 6.45) is 2.13. The van der Waals surface area contributed by atoms with Crippen LogP contribution in [0.25, 0.3) is 21.0 Å². The Kier molecular flexibility index (Phi) is 8.39. The molecule has 0 unspecified atom stereocenters. The lowest BCUT2D eigenvalue weighted by molar-refractivity contribution is -0.116. The van der Waals surface area contributed by atoms with Crippen molar-refractivity contribution in [2.45, 2.75) is 6.42 Å². The van der Waals surface area contributed by atoms with Crippen LogP contribution in [0.5, 0.6) is 0 Å². The van der Waals surface area contributed by atoms with E-state index in [0.717, 1.165) is 26.7 Å². The molecular weight excluding hydrogens is 504 g/mol. The highest BCUT2D eigenvalue weighted by atomic mass is 32.1. The topological polar surface area (TPSA) is 118 Å².